The predicted molar refractivity (Wildman–Crippen MR) is 53.7 cm³/mol. The highest BCUT2D eigenvalue weighted by atomic mass is 16.3. The minimum absolute atomic E-state index is 0.0707. The van der Waals surface area contributed by atoms with Gasteiger partial charge < -0.3 is 5.11 Å². The van der Waals surface area contributed by atoms with E-state index in [0.29, 0.717) is 0 Å². The first kappa shape index (κ1) is 8.76. The molecule has 0 unspecified atom stereocenters. The molecule has 0 radical (unpaired) electrons. The Kier molecular flexibility index (Phi) is 2.12. The summed E-state index contributed by atoms with van der Waals surface area (Å²) in [6.07, 6.45) is 3.30. The molecule has 1 aliphatic rings. The Morgan fingerprint density at radius 2 is 1.85 bits per heavy atom. The molecule has 0 heterocycles. The van der Waals surface area contributed by atoms with E-state index >= 15 is 0 Å². The van der Waals surface area contributed by atoms with Crippen molar-refractivity contribution in [3.05, 3.63) is 35.9 Å². The van der Waals surface area contributed by atoms with Crippen LogP contribution in [0.3, 0.4) is 0 Å². The smallest absolute Gasteiger partial charge is 0.0608 e. The van der Waals surface area contributed by atoms with Crippen molar-refractivity contribution in [2.45, 2.75) is 37.7 Å². The van der Waals surface area contributed by atoms with Gasteiger partial charge in [-0.3, -0.25) is 0 Å². The zero-order chi connectivity index (χ0) is 9.31. The van der Waals surface area contributed by atoms with Gasteiger partial charge in [0.2, 0.25) is 0 Å². The van der Waals surface area contributed by atoms with Crippen LogP contribution in [-0.2, 0) is 5.41 Å². The molecule has 1 N–H and O–H groups in total. The van der Waals surface area contributed by atoms with Crippen LogP contribution in [0.4, 0.5) is 0 Å². The monoisotopic (exact) mass is 176 g/mol. The van der Waals surface area contributed by atoms with Crippen molar-refractivity contribution in [3.63, 3.8) is 0 Å². The summed E-state index contributed by atoms with van der Waals surface area (Å²) < 4.78 is 0. The van der Waals surface area contributed by atoms with Crippen LogP contribution in [0.15, 0.2) is 30.3 Å². The summed E-state index contributed by atoms with van der Waals surface area (Å²) in [6.45, 7) is 1.91. The highest BCUT2D eigenvalue weighted by molar-refractivity contribution is 5.29. The van der Waals surface area contributed by atoms with Gasteiger partial charge in [-0.25, -0.2) is 0 Å². The number of rotatable bonds is 2. The SMILES string of the molecule is C[C@H](O)C1(c2ccccc2)CCC1. The molecule has 0 saturated heterocycles. The van der Waals surface area contributed by atoms with Crippen molar-refractivity contribution in [2.24, 2.45) is 0 Å². The Morgan fingerprint density at radius 1 is 1.23 bits per heavy atom. The molecule has 1 nitrogen and oxygen atoms in total. The lowest BCUT2D eigenvalue weighted by atomic mass is 9.61. The largest absolute Gasteiger partial charge is 0.392 e. The Morgan fingerprint density at radius 3 is 2.23 bits per heavy atom. The first-order chi connectivity index (χ1) is 6.26. The van der Waals surface area contributed by atoms with E-state index in [1.165, 1.54) is 12.0 Å². The molecule has 0 spiro atoms. The van der Waals surface area contributed by atoms with Crippen LogP contribution in [-0.4, -0.2) is 11.2 Å². The van der Waals surface area contributed by atoms with E-state index in [-0.39, 0.29) is 11.5 Å². The second kappa shape index (κ2) is 3.15. The first-order valence-corrected chi connectivity index (χ1v) is 4.99. The molecule has 70 valence electrons. The van der Waals surface area contributed by atoms with Crippen molar-refractivity contribution < 1.29 is 5.11 Å². The molecule has 1 aromatic carbocycles. The molecule has 1 atom stereocenters. The summed E-state index contributed by atoms with van der Waals surface area (Å²) in [5.74, 6) is 0. The van der Waals surface area contributed by atoms with Gasteiger partial charge >= 0.3 is 0 Å². The highest BCUT2D eigenvalue weighted by Crippen LogP contribution is 2.46. The number of aliphatic hydroxyl groups excluding tert-OH is 1. The molecule has 13 heavy (non-hydrogen) atoms. The fraction of sp³-hybridized carbons (Fsp3) is 0.500. The van der Waals surface area contributed by atoms with E-state index in [9.17, 15) is 5.11 Å². The van der Waals surface area contributed by atoms with Crippen LogP contribution in [0, 0.1) is 0 Å². The maximum atomic E-state index is 9.78. The van der Waals surface area contributed by atoms with Gasteiger partial charge in [0.05, 0.1) is 6.10 Å². The lowest BCUT2D eigenvalue weighted by molar-refractivity contribution is 0.0420. The van der Waals surface area contributed by atoms with E-state index in [0.717, 1.165) is 12.8 Å². The predicted octanol–water partition coefficient (Wildman–Crippen LogP) is 2.49. The van der Waals surface area contributed by atoms with Crippen LogP contribution in [0.5, 0.6) is 0 Å². The average molecular weight is 176 g/mol. The molecule has 1 saturated carbocycles. The maximum Gasteiger partial charge on any atom is 0.0608 e. The lowest BCUT2D eigenvalue weighted by Crippen LogP contribution is -2.43. The maximum absolute atomic E-state index is 9.78. The second-order valence-electron chi connectivity index (χ2n) is 4.05. The molecule has 1 heteroatoms. The topological polar surface area (TPSA) is 20.2 Å². The molecule has 1 aliphatic carbocycles. The summed E-state index contributed by atoms with van der Waals surface area (Å²) in [6, 6.07) is 10.4. The fourth-order valence-electron chi connectivity index (χ4n) is 2.28. The summed E-state index contributed by atoms with van der Waals surface area (Å²) in [5.41, 5.74) is 1.37. The van der Waals surface area contributed by atoms with Crippen molar-refractivity contribution >= 4 is 0 Å². The zero-order valence-corrected chi connectivity index (χ0v) is 8.03. The van der Waals surface area contributed by atoms with Crippen molar-refractivity contribution in [1.82, 2.24) is 0 Å². The van der Waals surface area contributed by atoms with E-state index in [2.05, 4.69) is 24.3 Å². The van der Waals surface area contributed by atoms with Gasteiger partial charge in [-0.2, -0.15) is 0 Å². The molecule has 1 fully saturated rings. The first-order valence-electron chi connectivity index (χ1n) is 4.99. The number of hydrogen-bond acceptors (Lipinski definition) is 1. The Labute approximate surface area is 79.4 Å². The second-order valence-corrected chi connectivity index (χ2v) is 4.05. The molecule has 0 aliphatic heterocycles. The van der Waals surface area contributed by atoms with E-state index in [1.807, 2.05) is 13.0 Å². The Bertz CT molecular complexity index is 272. The van der Waals surface area contributed by atoms with Gasteiger partial charge in [-0.1, -0.05) is 36.8 Å². The van der Waals surface area contributed by atoms with E-state index in [4.69, 9.17) is 0 Å². The van der Waals surface area contributed by atoms with Crippen molar-refractivity contribution in [2.75, 3.05) is 0 Å². The molecule has 0 aromatic heterocycles. The van der Waals surface area contributed by atoms with Gasteiger partial charge in [0, 0.05) is 5.41 Å². The third kappa shape index (κ3) is 1.28. The lowest BCUT2D eigenvalue weighted by Gasteiger charge is -2.45. The number of aliphatic hydroxyl groups is 1. The summed E-state index contributed by atoms with van der Waals surface area (Å²) in [5, 5.41) is 9.78. The quantitative estimate of drug-likeness (QED) is 0.734. The van der Waals surface area contributed by atoms with Gasteiger partial charge in [-0.15, -0.1) is 0 Å². The fourth-order valence-corrected chi connectivity index (χ4v) is 2.28. The third-order valence-electron chi connectivity index (χ3n) is 3.39. The van der Waals surface area contributed by atoms with Crippen LogP contribution >= 0.6 is 0 Å². The molecule has 1 aromatic rings. The standard InChI is InChI=1S/C12H16O/c1-10(13)12(8-5-9-12)11-6-3-2-4-7-11/h2-4,6-7,10,13H,5,8-9H2,1H3/t10-/m0/s1. The molecule has 0 amide bonds. The van der Waals surface area contributed by atoms with Crippen molar-refractivity contribution in [3.8, 4) is 0 Å². The minimum Gasteiger partial charge on any atom is -0.392 e. The van der Waals surface area contributed by atoms with Gasteiger partial charge in [0.15, 0.2) is 0 Å². The van der Waals surface area contributed by atoms with Crippen LogP contribution in [0.2, 0.25) is 0 Å². The number of benzene rings is 1. The van der Waals surface area contributed by atoms with Gasteiger partial charge in [-0.05, 0) is 25.3 Å². The summed E-state index contributed by atoms with van der Waals surface area (Å²) >= 11 is 0. The third-order valence-corrected chi connectivity index (χ3v) is 3.39. The van der Waals surface area contributed by atoms with Crippen LogP contribution < -0.4 is 0 Å². The summed E-state index contributed by atoms with van der Waals surface area (Å²) in [7, 11) is 0. The van der Waals surface area contributed by atoms with Gasteiger partial charge in [0.1, 0.15) is 0 Å². The minimum atomic E-state index is -0.219. The zero-order valence-electron chi connectivity index (χ0n) is 8.03. The Balaban J connectivity index is 2.32. The summed E-state index contributed by atoms with van der Waals surface area (Å²) in [4.78, 5) is 0. The molecular weight excluding hydrogens is 160 g/mol. The van der Waals surface area contributed by atoms with E-state index in [1.54, 1.807) is 0 Å². The molecular formula is C12H16O. The number of hydrogen-bond donors (Lipinski definition) is 1. The normalized spacial score (nSPS) is 22.0. The molecule has 0 bridgehead atoms. The Hall–Kier alpha value is -0.820. The van der Waals surface area contributed by atoms with Crippen LogP contribution in [0.1, 0.15) is 31.7 Å². The van der Waals surface area contributed by atoms with Crippen LogP contribution in [0.25, 0.3) is 0 Å². The molecule has 2 rings (SSSR count). The average Bonchev–Trinajstić information content (AvgIpc) is 2.03. The van der Waals surface area contributed by atoms with Gasteiger partial charge in [0.25, 0.3) is 0 Å². The highest BCUT2D eigenvalue weighted by Gasteiger charge is 2.42. The van der Waals surface area contributed by atoms with E-state index < -0.39 is 0 Å². The van der Waals surface area contributed by atoms with Crippen molar-refractivity contribution in [1.29, 1.82) is 0 Å².